The molecule has 0 aliphatic carbocycles. The number of nitrogen functional groups attached to an aromatic ring is 1. The van der Waals surface area contributed by atoms with Crippen molar-refractivity contribution in [1.82, 2.24) is 0 Å². The highest BCUT2D eigenvalue weighted by Crippen LogP contribution is 2.28. The summed E-state index contributed by atoms with van der Waals surface area (Å²) in [4.78, 5) is 25.2. The van der Waals surface area contributed by atoms with Crippen LogP contribution in [0.5, 0.6) is 0 Å². The highest BCUT2D eigenvalue weighted by Gasteiger charge is 2.21. The Morgan fingerprint density at radius 2 is 1.95 bits per heavy atom. The number of carbonyl (C=O) groups excluding carboxylic acids is 1. The van der Waals surface area contributed by atoms with Gasteiger partial charge in [-0.1, -0.05) is 23.7 Å². The summed E-state index contributed by atoms with van der Waals surface area (Å²) >= 11 is 6.99. The SMILES string of the molecule is Nc1ccccc1N(CCC(=O)O)C(=O)c1ccc(Cl)s1. The zero-order valence-electron chi connectivity index (χ0n) is 11.0. The average Bonchev–Trinajstić information content (AvgIpc) is 2.87. The third kappa shape index (κ3) is 3.74. The number of carboxylic acids is 1. The van der Waals surface area contributed by atoms with Gasteiger partial charge in [-0.05, 0) is 24.3 Å². The molecule has 3 N–H and O–H groups in total. The summed E-state index contributed by atoms with van der Waals surface area (Å²) in [5.41, 5.74) is 6.79. The van der Waals surface area contributed by atoms with Crippen LogP contribution in [0.15, 0.2) is 36.4 Å². The summed E-state index contributed by atoms with van der Waals surface area (Å²) < 4.78 is 0.498. The number of anilines is 2. The average molecular weight is 325 g/mol. The van der Waals surface area contributed by atoms with E-state index < -0.39 is 5.97 Å². The fourth-order valence-corrected chi connectivity index (χ4v) is 2.83. The second-order valence-electron chi connectivity index (χ2n) is 4.26. The Bertz CT molecular complexity index is 672. The zero-order valence-corrected chi connectivity index (χ0v) is 12.5. The molecule has 0 fully saturated rings. The Morgan fingerprint density at radius 1 is 1.24 bits per heavy atom. The van der Waals surface area contributed by atoms with Crippen molar-refractivity contribution in [2.24, 2.45) is 0 Å². The van der Waals surface area contributed by atoms with Gasteiger partial charge in [-0.3, -0.25) is 9.59 Å². The Balaban J connectivity index is 2.34. The number of carbonyl (C=O) groups is 2. The molecule has 0 aliphatic rings. The lowest BCUT2D eigenvalue weighted by Crippen LogP contribution is -2.33. The maximum Gasteiger partial charge on any atom is 0.305 e. The number of nitrogens with zero attached hydrogens (tertiary/aromatic N) is 1. The number of halogens is 1. The monoisotopic (exact) mass is 324 g/mol. The van der Waals surface area contributed by atoms with Crippen molar-refractivity contribution in [3.8, 4) is 0 Å². The molecule has 0 atom stereocenters. The van der Waals surface area contributed by atoms with E-state index in [1.165, 1.54) is 4.90 Å². The van der Waals surface area contributed by atoms with Crippen LogP contribution in [0, 0.1) is 0 Å². The molecule has 1 heterocycles. The van der Waals surface area contributed by atoms with Gasteiger partial charge in [0.15, 0.2) is 0 Å². The number of nitrogens with two attached hydrogens (primary N) is 1. The molecule has 5 nitrogen and oxygen atoms in total. The summed E-state index contributed by atoms with van der Waals surface area (Å²) in [5, 5.41) is 8.85. The van der Waals surface area contributed by atoms with Crippen LogP contribution < -0.4 is 10.6 Å². The number of thiophene rings is 1. The predicted octanol–water partition coefficient (Wildman–Crippen LogP) is 3.11. The van der Waals surface area contributed by atoms with Crippen LogP contribution in [0.2, 0.25) is 4.34 Å². The lowest BCUT2D eigenvalue weighted by atomic mass is 10.2. The molecule has 0 radical (unpaired) electrons. The molecule has 0 unspecified atom stereocenters. The summed E-state index contributed by atoms with van der Waals surface area (Å²) in [6.45, 7) is 0.0396. The van der Waals surface area contributed by atoms with Crippen molar-refractivity contribution in [2.45, 2.75) is 6.42 Å². The molecule has 1 amide bonds. The molecule has 110 valence electrons. The highest BCUT2D eigenvalue weighted by atomic mass is 35.5. The third-order valence-corrected chi connectivity index (χ3v) is 4.03. The second kappa shape index (κ2) is 6.60. The first-order valence-corrected chi connectivity index (χ1v) is 7.32. The van der Waals surface area contributed by atoms with Crippen molar-refractivity contribution in [1.29, 1.82) is 0 Å². The van der Waals surface area contributed by atoms with Crippen molar-refractivity contribution >= 4 is 46.2 Å². The molecule has 0 saturated carbocycles. The van der Waals surface area contributed by atoms with Crippen LogP contribution in [0.25, 0.3) is 0 Å². The Labute approximate surface area is 130 Å². The first-order chi connectivity index (χ1) is 9.99. The molecule has 0 spiro atoms. The summed E-state index contributed by atoms with van der Waals surface area (Å²) in [6.07, 6.45) is -0.167. The van der Waals surface area contributed by atoms with E-state index in [9.17, 15) is 9.59 Å². The number of carboxylic acid groups (broad SMARTS) is 1. The van der Waals surface area contributed by atoms with Gasteiger partial charge in [-0.2, -0.15) is 0 Å². The van der Waals surface area contributed by atoms with Gasteiger partial charge in [-0.15, -0.1) is 11.3 Å². The number of amides is 1. The molecule has 2 aromatic rings. The minimum atomic E-state index is -0.980. The number of rotatable bonds is 5. The van der Waals surface area contributed by atoms with E-state index in [0.29, 0.717) is 20.6 Å². The van der Waals surface area contributed by atoms with Crippen molar-refractivity contribution in [3.63, 3.8) is 0 Å². The number of para-hydroxylation sites is 2. The standard InChI is InChI=1S/C14H13ClN2O3S/c15-12-6-5-11(21-12)14(20)17(8-7-13(18)19)10-4-2-1-3-9(10)16/h1-6H,7-8,16H2,(H,18,19). The van der Waals surface area contributed by atoms with E-state index in [4.69, 9.17) is 22.4 Å². The number of hydrogen-bond donors (Lipinski definition) is 2. The summed E-state index contributed by atoms with van der Waals surface area (Å²) in [5.74, 6) is -1.29. The Morgan fingerprint density at radius 3 is 2.52 bits per heavy atom. The van der Waals surface area contributed by atoms with Crippen LogP contribution >= 0.6 is 22.9 Å². The molecular formula is C14H13ClN2O3S. The second-order valence-corrected chi connectivity index (χ2v) is 5.98. The first kappa shape index (κ1) is 15.3. The molecule has 2 rings (SSSR count). The van der Waals surface area contributed by atoms with Gasteiger partial charge in [0.2, 0.25) is 0 Å². The highest BCUT2D eigenvalue weighted by molar-refractivity contribution is 7.18. The van der Waals surface area contributed by atoms with Gasteiger partial charge < -0.3 is 15.7 Å². The summed E-state index contributed by atoms with van der Waals surface area (Å²) in [7, 11) is 0. The number of hydrogen-bond acceptors (Lipinski definition) is 4. The van der Waals surface area contributed by atoms with Crippen molar-refractivity contribution in [2.75, 3.05) is 17.2 Å². The third-order valence-electron chi connectivity index (χ3n) is 2.81. The topological polar surface area (TPSA) is 83.6 Å². The van der Waals surface area contributed by atoms with Crippen LogP contribution in [0.1, 0.15) is 16.1 Å². The maximum atomic E-state index is 12.6. The van der Waals surface area contributed by atoms with Crippen LogP contribution in [-0.2, 0) is 4.79 Å². The molecular weight excluding hydrogens is 312 g/mol. The summed E-state index contributed by atoms with van der Waals surface area (Å²) in [6, 6.07) is 10.1. The van der Waals surface area contributed by atoms with E-state index >= 15 is 0 Å². The lowest BCUT2D eigenvalue weighted by Gasteiger charge is -2.23. The normalized spacial score (nSPS) is 10.3. The minimum absolute atomic E-state index is 0.0396. The molecule has 0 saturated heterocycles. The Kier molecular flexibility index (Phi) is 4.82. The fraction of sp³-hybridized carbons (Fsp3) is 0.143. The van der Waals surface area contributed by atoms with Gasteiger partial charge in [0.05, 0.1) is 27.0 Å². The van der Waals surface area contributed by atoms with Crippen LogP contribution in [0.4, 0.5) is 11.4 Å². The molecule has 21 heavy (non-hydrogen) atoms. The first-order valence-electron chi connectivity index (χ1n) is 6.12. The minimum Gasteiger partial charge on any atom is -0.481 e. The van der Waals surface area contributed by atoms with Gasteiger partial charge >= 0.3 is 5.97 Å². The van der Waals surface area contributed by atoms with Gasteiger partial charge in [-0.25, -0.2) is 0 Å². The maximum absolute atomic E-state index is 12.6. The number of aliphatic carboxylic acids is 1. The van der Waals surface area contributed by atoms with Crippen LogP contribution in [0.3, 0.4) is 0 Å². The molecule has 1 aromatic carbocycles. The molecule has 0 bridgehead atoms. The van der Waals surface area contributed by atoms with E-state index in [1.807, 2.05) is 0 Å². The smallest absolute Gasteiger partial charge is 0.305 e. The van der Waals surface area contributed by atoms with Crippen molar-refractivity contribution in [3.05, 3.63) is 45.6 Å². The molecule has 0 aliphatic heterocycles. The van der Waals surface area contributed by atoms with Crippen molar-refractivity contribution < 1.29 is 14.7 Å². The lowest BCUT2D eigenvalue weighted by molar-refractivity contribution is -0.136. The van der Waals surface area contributed by atoms with Gasteiger partial charge in [0.1, 0.15) is 0 Å². The zero-order chi connectivity index (χ0) is 15.4. The van der Waals surface area contributed by atoms with Gasteiger partial charge in [0.25, 0.3) is 5.91 Å². The predicted molar refractivity (Wildman–Crippen MR) is 84.1 cm³/mol. The Hall–Kier alpha value is -2.05. The van der Waals surface area contributed by atoms with E-state index in [2.05, 4.69) is 0 Å². The number of benzene rings is 1. The quantitative estimate of drug-likeness (QED) is 0.828. The van der Waals surface area contributed by atoms with E-state index in [-0.39, 0.29) is 18.9 Å². The molecule has 1 aromatic heterocycles. The fourth-order valence-electron chi connectivity index (χ4n) is 1.83. The van der Waals surface area contributed by atoms with Crippen LogP contribution in [-0.4, -0.2) is 23.5 Å². The van der Waals surface area contributed by atoms with Gasteiger partial charge in [0, 0.05) is 6.54 Å². The largest absolute Gasteiger partial charge is 0.481 e. The van der Waals surface area contributed by atoms with E-state index in [0.717, 1.165) is 11.3 Å². The molecule has 7 heteroatoms. The van der Waals surface area contributed by atoms with E-state index in [1.54, 1.807) is 36.4 Å².